The van der Waals surface area contributed by atoms with E-state index >= 15 is 0 Å². The average molecular weight is 278 g/mol. The molecule has 1 aliphatic rings. The molecule has 0 saturated heterocycles. The second-order valence-corrected chi connectivity index (χ2v) is 4.96. The molecule has 0 spiro atoms. The average Bonchev–Trinajstić information content (AvgIpc) is 2.80. The van der Waals surface area contributed by atoms with Gasteiger partial charge in [-0.2, -0.15) is 0 Å². The highest BCUT2D eigenvalue weighted by Gasteiger charge is 2.24. The third kappa shape index (κ3) is 2.17. The number of carbonyl (C=O) groups excluding carboxylic acids is 1. The molecule has 1 aliphatic heterocycles. The number of rotatable bonds is 1. The van der Waals surface area contributed by atoms with Gasteiger partial charge < -0.3 is 10.00 Å². The molecule has 0 aliphatic carbocycles. The first-order valence-corrected chi connectivity index (χ1v) is 6.36. The summed E-state index contributed by atoms with van der Waals surface area (Å²) in [5.74, 6) is -0.0806. The molecule has 19 heavy (non-hydrogen) atoms. The predicted octanol–water partition coefficient (Wildman–Crippen LogP) is 1.55. The normalized spacial score (nSPS) is 14.3. The number of hydrogen-bond acceptors (Lipinski definition) is 2. The number of halogens is 1. The number of aromatic amines is 2. The van der Waals surface area contributed by atoms with E-state index in [0.717, 1.165) is 5.69 Å². The number of carbonyl (C=O) groups is 1. The fraction of sp³-hybridized carbons (Fsp3) is 0.231. The van der Waals surface area contributed by atoms with Gasteiger partial charge in [0, 0.05) is 29.2 Å². The van der Waals surface area contributed by atoms with Crippen LogP contribution >= 0.6 is 11.6 Å². The lowest BCUT2D eigenvalue weighted by Crippen LogP contribution is -2.37. The lowest BCUT2D eigenvalue weighted by molar-refractivity contribution is 0.0734. The van der Waals surface area contributed by atoms with Crippen LogP contribution in [0.2, 0.25) is 5.02 Å². The van der Waals surface area contributed by atoms with Gasteiger partial charge in [0.1, 0.15) is 0 Å². The standard InChI is InChI=1S/C13H12ClN3O2/c14-9-3-1-8(2-4-9)13(19)17-6-5-11-10(7-17)12(18)16-15-11/h1-4H,5-7H2,(H2,15,16,18). The van der Waals surface area contributed by atoms with E-state index in [-0.39, 0.29) is 11.5 Å². The number of nitrogens with zero attached hydrogens (tertiary/aromatic N) is 1. The Kier molecular flexibility index (Phi) is 2.91. The summed E-state index contributed by atoms with van der Waals surface area (Å²) in [5.41, 5.74) is 1.97. The molecule has 0 radical (unpaired) electrons. The highest BCUT2D eigenvalue weighted by Crippen LogP contribution is 2.17. The minimum absolute atomic E-state index is 0.0806. The highest BCUT2D eigenvalue weighted by atomic mass is 35.5. The Morgan fingerprint density at radius 1 is 1.21 bits per heavy atom. The Labute approximate surface area is 114 Å². The molecule has 1 aromatic heterocycles. The van der Waals surface area contributed by atoms with Crippen molar-refractivity contribution in [3.05, 3.63) is 56.5 Å². The minimum atomic E-state index is -0.149. The Morgan fingerprint density at radius 3 is 2.68 bits per heavy atom. The van der Waals surface area contributed by atoms with E-state index in [1.54, 1.807) is 29.2 Å². The van der Waals surface area contributed by atoms with Gasteiger partial charge in [-0.05, 0) is 24.3 Å². The Balaban J connectivity index is 1.85. The lowest BCUT2D eigenvalue weighted by Gasteiger charge is -2.26. The maximum absolute atomic E-state index is 12.3. The van der Waals surface area contributed by atoms with E-state index in [4.69, 9.17) is 11.6 Å². The molecular weight excluding hydrogens is 266 g/mol. The summed E-state index contributed by atoms with van der Waals surface area (Å²) in [5, 5.41) is 5.99. The number of hydrogen-bond donors (Lipinski definition) is 2. The molecule has 0 unspecified atom stereocenters. The molecule has 6 heteroatoms. The lowest BCUT2D eigenvalue weighted by atomic mass is 10.1. The SMILES string of the molecule is O=C(c1ccc(Cl)cc1)N1CCc2[nH][nH]c(=O)c2C1. The molecule has 0 saturated carbocycles. The van der Waals surface area contributed by atoms with Crippen LogP contribution in [0.25, 0.3) is 0 Å². The molecule has 2 aromatic rings. The summed E-state index contributed by atoms with van der Waals surface area (Å²) in [6.45, 7) is 0.942. The Bertz CT molecular complexity index is 672. The van der Waals surface area contributed by atoms with Crippen LogP contribution in [0.1, 0.15) is 21.6 Å². The van der Waals surface area contributed by atoms with Gasteiger partial charge in [0.05, 0.1) is 12.1 Å². The van der Waals surface area contributed by atoms with Gasteiger partial charge in [0.15, 0.2) is 0 Å². The number of nitrogens with one attached hydrogen (secondary N) is 2. The second-order valence-electron chi connectivity index (χ2n) is 4.52. The number of amides is 1. The van der Waals surface area contributed by atoms with Gasteiger partial charge in [-0.1, -0.05) is 11.6 Å². The van der Waals surface area contributed by atoms with Crippen LogP contribution in [0.4, 0.5) is 0 Å². The number of H-pyrrole nitrogens is 2. The molecule has 2 heterocycles. The highest BCUT2D eigenvalue weighted by molar-refractivity contribution is 6.30. The van der Waals surface area contributed by atoms with Crippen LogP contribution < -0.4 is 5.56 Å². The molecule has 1 amide bonds. The molecule has 2 N–H and O–H groups in total. The van der Waals surface area contributed by atoms with Crippen LogP contribution in [0.5, 0.6) is 0 Å². The van der Waals surface area contributed by atoms with Crippen molar-refractivity contribution >= 4 is 17.5 Å². The zero-order valence-electron chi connectivity index (χ0n) is 10.1. The van der Waals surface area contributed by atoms with Gasteiger partial charge in [0.25, 0.3) is 11.5 Å². The maximum Gasteiger partial charge on any atom is 0.269 e. The Morgan fingerprint density at radius 2 is 1.95 bits per heavy atom. The molecule has 0 atom stereocenters. The summed E-state index contributed by atoms with van der Waals surface area (Å²) in [4.78, 5) is 25.6. The molecule has 0 bridgehead atoms. The number of fused-ring (bicyclic) bond motifs is 1. The van der Waals surface area contributed by atoms with Crippen molar-refractivity contribution in [3.8, 4) is 0 Å². The molecule has 5 nitrogen and oxygen atoms in total. The largest absolute Gasteiger partial charge is 0.334 e. The van der Waals surface area contributed by atoms with Crippen molar-refractivity contribution in [1.29, 1.82) is 0 Å². The maximum atomic E-state index is 12.3. The molecule has 98 valence electrons. The smallest absolute Gasteiger partial charge is 0.269 e. The van der Waals surface area contributed by atoms with Crippen LogP contribution in [0, 0.1) is 0 Å². The quantitative estimate of drug-likeness (QED) is 0.830. The topological polar surface area (TPSA) is 69.0 Å². The van der Waals surface area contributed by atoms with Crippen molar-refractivity contribution in [1.82, 2.24) is 15.1 Å². The van der Waals surface area contributed by atoms with Crippen molar-refractivity contribution in [3.63, 3.8) is 0 Å². The summed E-state index contributed by atoms with van der Waals surface area (Å²) < 4.78 is 0. The van der Waals surface area contributed by atoms with Gasteiger partial charge in [0.2, 0.25) is 0 Å². The summed E-state index contributed by atoms with van der Waals surface area (Å²) >= 11 is 5.80. The number of aromatic nitrogens is 2. The van der Waals surface area contributed by atoms with E-state index in [2.05, 4.69) is 10.2 Å². The van der Waals surface area contributed by atoms with Gasteiger partial charge in [-0.25, -0.2) is 0 Å². The molecule has 0 fully saturated rings. The van der Waals surface area contributed by atoms with E-state index in [1.807, 2.05) is 0 Å². The van der Waals surface area contributed by atoms with E-state index in [1.165, 1.54) is 0 Å². The first kappa shape index (κ1) is 12.0. The second kappa shape index (κ2) is 4.59. The van der Waals surface area contributed by atoms with E-state index < -0.39 is 0 Å². The van der Waals surface area contributed by atoms with E-state index in [0.29, 0.717) is 35.7 Å². The summed E-state index contributed by atoms with van der Waals surface area (Å²) in [6, 6.07) is 6.77. The summed E-state index contributed by atoms with van der Waals surface area (Å²) in [6.07, 6.45) is 0.660. The van der Waals surface area contributed by atoms with Gasteiger partial charge >= 0.3 is 0 Å². The van der Waals surface area contributed by atoms with Gasteiger partial charge in [-0.3, -0.25) is 14.7 Å². The minimum Gasteiger partial charge on any atom is -0.334 e. The van der Waals surface area contributed by atoms with Gasteiger partial charge in [-0.15, -0.1) is 0 Å². The first-order chi connectivity index (χ1) is 9.15. The number of benzene rings is 1. The van der Waals surface area contributed by atoms with Crippen LogP contribution in [0.15, 0.2) is 29.1 Å². The molecule has 1 aromatic carbocycles. The predicted molar refractivity (Wildman–Crippen MR) is 71.3 cm³/mol. The summed E-state index contributed by atoms with van der Waals surface area (Å²) in [7, 11) is 0. The molecular formula is C13H12ClN3O2. The molecule has 3 rings (SSSR count). The third-order valence-corrected chi connectivity index (χ3v) is 3.58. The van der Waals surface area contributed by atoms with Crippen LogP contribution in [-0.2, 0) is 13.0 Å². The zero-order chi connectivity index (χ0) is 13.4. The zero-order valence-corrected chi connectivity index (χ0v) is 10.8. The van der Waals surface area contributed by atoms with Crippen molar-refractivity contribution in [2.24, 2.45) is 0 Å². The van der Waals surface area contributed by atoms with Crippen molar-refractivity contribution < 1.29 is 4.79 Å². The van der Waals surface area contributed by atoms with Crippen LogP contribution in [-0.4, -0.2) is 27.5 Å². The first-order valence-electron chi connectivity index (χ1n) is 5.98. The Hall–Kier alpha value is -2.01. The fourth-order valence-corrected chi connectivity index (χ4v) is 2.39. The monoisotopic (exact) mass is 277 g/mol. The van der Waals surface area contributed by atoms with Crippen molar-refractivity contribution in [2.75, 3.05) is 6.54 Å². The van der Waals surface area contributed by atoms with Crippen molar-refractivity contribution in [2.45, 2.75) is 13.0 Å². The van der Waals surface area contributed by atoms with Crippen LogP contribution in [0.3, 0.4) is 0 Å². The fourth-order valence-electron chi connectivity index (χ4n) is 2.27. The third-order valence-electron chi connectivity index (χ3n) is 3.32. The van der Waals surface area contributed by atoms with E-state index in [9.17, 15) is 9.59 Å².